The first-order valence-corrected chi connectivity index (χ1v) is 4.89. The Balaban J connectivity index is 2.28. The van der Waals surface area contributed by atoms with E-state index in [4.69, 9.17) is 5.73 Å². The summed E-state index contributed by atoms with van der Waals surface area (Å²) in [5, 5.41) is 6.14. The number of thiazole rings is 1. The average molecular weight is 194 g/mol. The molecule has 2 aromatic rings. The molecule has 0 saturated heterocycles. The summed E-state index contributed by atoms with van der Waals surface area (Å²) in [6.07, 6.45) is 3.45. The van der Waals surface area contributed by atoms with Crippen LogP contribution in [0.3, 0.4) is 0 Å². The molecule has 0 aliphatic heterocycles. The lowest BCUT2D eigenvalue weighted by atomic mass is 10.3. The second-order valence-corrected chi connectivity index (χ2v) is 3.56. The SMILES string of the molecule is C[C@@H](c1cscn1)n1cc(N)cn1. The summed E-state index contributed by atoms with van der Waals surface area (Å²) >= 11 is 1.59. The van der Waals surface area contributed by atoms with E-state index >= 15 is 0 Å². The van der Waals surface area contributed by atoms with E-state index in [1.165, 1.54) is 0 Å². The van der Waals surface area contributed by atoms with E-state index in [9.17, 15) is 0 Å². The van der Waals surface area contributed by atoms with Gasteiger partial charge >= 0.3 is 0 Å². The molecule has 0 fully saturated rings. The Kier molecular flexibility index (Phi) is 2.02. The number of anilines is 1. The lowest BCUT2D eigenvalue weighted by molar-refractivity contribution is 0.554. The van der Waals surface area contributed by atoms with Crippen molar-refractivity contribution in [3.05, 3.63) is 29.0 Å². The van der Waals surface area contributed by atoms with Crippen molar-refractivity contribution in [2.45, 2.75) is 13.0 Å². The molecule has 2 N–H and O–H groups in total. The molecule has 1 atom stereocenters. The standard InChI is InChI=1S/C8H10N4S/c1-6(8-4-13-5-10-8)12-3-7(9)2-11-12/h2-6H,9H2,1H3/t6-/m0/s1. The summed E-state index contributed by atoms with van der Waals surface area (Å²) in [7, 11) is 0. The van der Waals surface area contributed by atoms with Gasteiger partial charge in [-0.05, 0) is 6.92 Å². The summed E-state index contributed by atoms with van der Waals surface area (Å²) in [6.45, 7) is 2.04. The Morgan fingerprint density at radius 1 is 1.62 bits per heavy atom. The molecular formula is C8H10N4S. The summed E-state index contributed by atoms with van der Waals surface area (Å²) in [4.78, 5) is 4.22. The largest absolute Gasteiger partial charge is 0.396 e. The molecule has 68 valence electrons. The molecule has 0 aromatic carbocycles. The number of nitrogen functional groups attached to an aromatic ring is 1. The molecule has 0 spiro atoms. The fraction of sp³-hybridized carbons (Fsp3) is 0.250. The van der Waals surface area contributed by atoms with Crippen molar-refractivity contribution in [3.63, 3.8) is 0 Å². The monoisotopic (exact) mass is 194 g/mol. The molecule has 0 aliphatic carbocycles. The molecule has 13 heavy (non-hydrogen) atoms. The van der Waals surface area contributed by atoms with Gasteiger partial charge in [-0.1, -0.05) is 0 Å². The number of hydrogen-bond acceptors (Lipinski definition) is 4. The normalized spacial score (nSPS) is 13.0. The van der Waals surface area contributed by atoms with Gasteiger partial charge in [-0.25, -0.2) is 4.98 Å². The van der Waals surface area contributed by atoms with Crippen molar-refractivity contribution in [2.75, 3.05) is 5.73 Å². The van der Waals surface area contributed by atoms with Crippen LogP contribution in [0.4, 0.5) is 5.69 Å². The average Bonchev–Trinajstić information content (AvgIpc) is 2.72. The molecule has 5 heteroatoms. The second kappa shape index (κ2) is 3.18. The second-order valence-electron chi connectivity index (χ2n) is 2.84. The zero-order valence-corrected chi connectivity index (χ0v) is 8.03. The Labute approximate surface area is 80.0 Å². The zero-order valence-electron chi connectivity index (χ0n) is 7.21. The van der Waals surface area contributed by atoms with E-state index in [0.29, 0.717) is 5.69 Å². The highest BCUT2D eigenvalue weighted by molar-refractivity contribution is 7.07. The van der Waals surface area contributed by atoms with Gasteiger partial charge in [-0.3, -0.25) is 4.68 Å². The first-order valence-electron chi connectivity index (χ1n) is 3.95. The topological polar surface area (TPSA) is 56.7 Å². The van der Waals surface area contributed by atoms with Gasteiger partial charge in [0, 0.05) is 11.6 Å². The fourth-order valence-corrected chi connectivity index (χ4v) is 1.77. The minimum atomic E-state index is 0.156. The van der Waals surface area contributed by atoms with E-state index in [-0.39, 0.29) is 6.04 Å². The van der Waals surface area contributed by atoms with Crippen LogP contribution >= 0.6 is 11.3 Å². The smallest absolute Gasteiger partial charge is 0.0920 e. The van der Waals surface area contributed by atoms with E-state index in [1.807, 2.05) is 28.7 Å². The van der Waals surface area contributed by atoms with Gasteiger partial charge < -0.3 is 5.73 Å². The van der Waals surface area contributed by atoms with Gasteiger partial charge in [0.2, 0.25) is 0 Å². The lowest BCUT2D eigenvalue weighted by Crippen LogP contribution is -2.07. The van der Waals surface area contributed by atoms with Crippen molar-refractivity contribution in [3.8, 4) is 0 Å². The predicted molar refractivity (Wildman–Crippen MR) is 52.6 cm³/mol. The highest BCUT2D eigenvalue weighted by Gasteiger charge is 2.09. The maximum atomic E-state index is 5.57. The molecule has 0 saturated carbocycles. The number of hydrogen-bond donors (Lipinski definition) is 1. The molecule has 2 aromatic heterocycles. The van der Waals surface area contributed by atoms with Crippen molar-refractivity contribution in [1.82, 2.24) is 14.8 Å². The number of nitrogens with two attached hydrogens (primary N) is 1. The van der Waals surface area contributed by atoms with E-state index in [2.05, 4.69) is 10.1 Å². The van der Waals surface area contributed by atoms with Crippen LogP contribution in [-0.4, -0.2) is 14.8 Å². The van der Waals surface area contributed by atoms with Crippen LogP contribution in [0.1, 0.15) is 18.7 Å². The number of nitrogens with zero attached hydrogens (tertiary/aromatic N) is 3. The highest BCUT2D eigenvalue weighted by Crippen LogP contribution is 2.17. The first-order chi connectivity index (χ1) is 6.27. The summed E-state index contributed by atoms with van der Waals surface area (Å²) in [6, 6.07) is 0.156. The van der Waals surface area contributed by atoms with E-state index in [1.54, 1.807) is 17.5 Å². The van der Waals surface area contributed by atoms with Gasteiger partial charge in [0.1, 0.15) is 0 Å². The molecular weight excluding hydrogens is 184 g/mol. The van der Waals surface area contributed by atoms with Crippen molar-refractivity contribution < 1.29 is 0 Å². The van der Waals surface area contributed by atoms with Crippen molar-refractivity contribution >= 4 is 17.0 Å². The minimum absolute atomic E-state index is 0.156. The number of aromatic nitrogens is 3. The Morgan fingerprint density at radius 3 is 3.00 bits per heavy atom. The molecule has 2 rings (SSSR count). The zero-order chi connectivity index (χ0) is 9.26. The molecule has 0 aliphatic rings. The van der Waals surface area contributed by atoms with Gasteiger partial charge in [0.25, 0.3) is 0 Å². The molecule has 0 bridgehead atoms. The quantitative estimate of drug-likeness (QED) is 0.788. The maximum absolute atomic E-state index is 5.57. The molecule has 0 unspecified atom stereocenters. The third kappa shape index (κ3) is 1.55. The van der Waals surface area contributed by atoms with Crippen LogP contribution in [0, 0.1) is 0 Å². The molecule has 0 amide bonds. The Hall–Kier alpha value is -1.36. The van der Waals surface area contributed by atoms with Gasteiger partial charge in [0.15, 0.2) is 0 Å². The van der Waals surface area contributed by atoms with Crippen LogP contribution in [0.2, 0.25) is 0 Å². The van der Waals surface area contributed by atoms with Gasteiger partial charge in [0.05, 0.1) is 29.1 Å². The summed E-state index contributed by atoms with van der Waals surface area (Å²) in [5.41, 5.74) is 9.09. The van der Waals surface area contributed by atoms with E-state index in [0.717, 1.165) is 5.69 Å². The van der Waals surface area contributed by atoms with Gasteiger partial charge in [-0.15, -0.1) is 11.3 Å². The van der Waals surface area contributed by atoms with Crippen molar-refractivity contribution in [2.24, 2.45) is 0 Å². The molecule has 4 nitrogen and oxygen atoms in total. The fourth-order valence-electron chi connectivity index (χ4n) is 1.13. The van der Waals surface area contributed by atoms with Crippen molar-refractivity contribution in [1.29, 1.82) is 0 Å². The predicted octanol–water partition coefficient (Wildman–Crippen LogP) is 1.53. The molecule has 2 heterocycles. The third-order valence-electron chi connectivity index (χ3n) is 1.90. The van der Waals surface area contributed by atoms with Crippen LogP contribution in [0.25, 0.3) is 0 Å². The minimum Gasteiger partial charge on any atom is -0.396 e. The maximum Gasteiger partial charge on any atom is 0.0920 e. The third-order valence-corrected chi connectivity index (χ3v) is 2.50. The first kappa shape index (κ1) is 8.25. The Morgan fingerprint density at radius 2 is 2.46 bits per heavy atom. The van der Waals surface area contributed by atoms with Crippen LogP contribution in [-0.2, 0) is 0 Å². The molecule has 0 radical (unpaired) electrons. The van der Waals surface area contributed by atoms with E-state index < -0.39 is 0 Å². The van der Waals surface area contributed by atoms with Gasteiger partial charge in [-0.2, -0.15) is 5.10 Å². The number of rotatable bonds is 2. The van der Waals surface area contributed by atoms with Crippen LogP contribution in [0.5, 0.6) is 0 Å². The highest BCUT2D eigenvalue weighted by atomic mass is 32.1. The summed E-state index contributed by atoms with van der Waals surface area (Å²) in [5.74, 6) is 0. The lowest BCUT2D eigenvalue weighted by Gasteiger charge is -2.07. The van der Waals surface area contributed by atoms with Crippen LogP contribution in [0.15, 0.2) is 23.3 Å². The van der Waals surface area contributed by atoms with Crippen LogP contribution < -0.4 is 5.73 Å². The summed E-state index contributed by atoms with van der Waals surface area (Å²) < 4.78 is 1.81. The Bertz CT molecular complexity index is 379.